The lowest BCUT2D eigenvalue weighted by Crippen LogP contribution is -2.33. The maximum atomic E-state index is 5.80. The predicted molar refractivity (Wildman–Crippen MR) is 68.9 cm³/mol. The summed E-state index contributed by atoms with van der Waals surface area (Å²) in [5, 5.41) is 21.8. The van der Waals surface area contributed by atoms with Crippen molar-refractivity contribution < 1.29 is 4.74 Å². The Morgan fingerprint density at radius 3 is 3.16 bits per heavy atom. The van der Waals surface area contributed by atoms with Crippen LogP contribution in [0.2, 0.25) is 0 Å². The number of rotatable bonds is 5. The summed E-state index contributed by atoms with van der Waals surface area (Å²) in [5.74, 6) is 0.744. The van der Waals surface area contributed by atoms with Gasteiger partial charge in [-0.1, -0.05) is 0 Å². The molecule has 2 aromatic heterocycles. The summed E-state index contributed by atoms with van der Waals surface area (Å²) in [6, 6.07) is 3.68. The number of ether oxygens (including phenoxy) is 1. The Morgan fingerprint density at radius 1 is 1.37 bits per heavy atom. The van der Waals surface area contributed by atoms with Crippen LogP contribution in [0.3, 0.4) is 0 Å². The van der Waals surface area contributed by atoms with Crippen molar-refractivity contribution in [1.82, 2.24) is 30.6 Å². The Hall–Kier alpha value is -1.80. The van der Waals surface area contributed by atoms with Crippen LogP contribution in [0.5, 0.6) is 0 Å². The van der Waals surface area contributed by atoms with Gasteiger partial charge in [-0.2, -0.15) is 0 Å². The van der Waals surface area contributed by atoms with E-state index < -0.39 is 0 Å². The van der Waals surface area contributed by atoms with E-state index in [1.807, 2.05) is 12.1 Å². The van der Waals surface area contributed by atoms with E-state index >= 15 is 0 Å². The molecule has 0 radical (unpaired) electrons. The SMILES string of the molecule is c1cc2nnnn2nc1NCCOC1CCNCC1. The quantitative estimate of drug-likeness (QED) is 0.716. The third-order valence-corrected chi connectivity index (χ3v) is 3.12. The second-order valence-corrected chi connectivity index (χ2v) is 4.49. The number of tetrazole rings is 1. The highest BCUT2D eigenvalue weighted by Gasteiger charge is 2.12. The van der Waals surface area contributed by atoms with Gasteiger partial charge in [0.05, 0.1) is 12.7 Å². The van der Waals surface area contributed by atoms with Crippen LogP contribution in [-0.2, 0) is 4.74 Å². The van der Waals surface area contributed by atoms with Crippen molar-refractivity contribution in [2.45, 2.75) is 18.9 Å². The zero-order chi connectivity index (χ0) is 12.9. The van der Waals surface area contributed by atoms with Gasteiger partial charge in [0.2, 0.25) is 0 Å². The first kappa shape index (κ1) is 12.2. The van der Waals surface area contributed by atoms with Crippen LogP contribution in [0.25, 0.3) is 5.65 Å². The van der Waals surface area contributed by atoms with Crippen molar-refractivity contribution >= 4 is 11.5 Å². The van der Waals surface area contributed by atoms with Crippen LogP contribution < -0.4 is 10.6 Å². The molecule has 3 rings (SSSR count). The van der Waals surface area contributed by atoms with Gasteiger partial charge in [-0.25, -0.2) is 0 Å². The molecule has 1 aliphatic rings. The highest BCUT2D eigenvalue weighted by Crippen LogP contribution is 2.07. The van der Waals surface area contributed by atoms with Crippen molar-refractivity contribution in [3.05, 3.63) is 12.1 Å². The van der Waals surface area contributed by atoms with Crippen LogP contribution in [0.4, 0.5) is 5.82 Å². The molecule has 0 spiro atoms. The highest BCUT2D eigenvalue weighted by atomic mass is 16.5. The number of piperidine rings is 1. The van der Waals surface area contributed by atoms with Gasteiger partial charge in [-0.15, -0.1) is 14.8 Å². The predicted octanol–water partition coefficient (Wildman–Crippen LogP) is -0.300. The molecule has 2 aromatic rings. The topological polar surface area (TPSA) is 89.3 Å². The molecule has 0 aliphatic carbocycles. The molecule has 102 valence electrons. The minimum absolute atomic E-state index is 0.387. The lowest BCUT2D eigenvalue weighted by atomic mass is 10.1. The van der Waals surface area contributed by atoms with Crippen molar-refractivity contribution in [3.63, 3.8) is 0 Å². The fraction of sp³-hybridized carbons (Fsp3) is 0.636. The van der Waals surface area contributed by atoms with E-state index in [-0.39, 0.29) is 0 Å². The van der Waals surface area contributed by atoms with Crippen molar-refractivity contribution in [2.75, 3.05) is 31.6 Å². The maximum absolute atomic E-state index is 5.80. The number of anilines is 1. The Balaban J connectivity index is 1.43. The Kier molecular flexibility index (Phi) is 3.80. The maximum Gasteiger partial charge on any atom is 0.200 e. The van der Waals surface area contributed by atoms with Crippen LogP contribution >= 0.6 is 0 Å². The first-order valence-electron chi connectivity index (χ1n) is 6.53. The van der Waals surface area contributed by atoms with Gasteiger partial charge in [0.15, 0.2) is 5.65 Å². The zero-order valence-electron chi connectivity index (χ0n) is 10.6. The summed E-state index contributed by atoms with van der Waals surface area (Å²) in [6.07, 6.45) is 2.57. The van der Waals surface area contributed by atoms with Gasteiger partial charge in [-0.05, 0) is 48.5 Å². The molecule has 19 heavy (non-hydrogen) atoms. The second kappa shape index (κ2) is 5.89. The molecule has 1 fully saturated rings. The van der Waals surface area contributed by atoms with E-state index in [0.29, 0.717) is 18.4 Å². The summed E-state index contributed by atoms with van der Waals surface area (Å²) in [6.45, 7) is 3.51. The smallest absolute Gasteiger partial charge is 0.200 e. The van der Waals surface area contributed by atoms with E-state index in [2.05, 4.69) is 31.3 Å². The van der Waals surface area contributed by atoms with Gasteiger partial charge in [0.1, 0.15) is 5.82 Å². The van der Waals surface area contributed by atoms with Crippen molar-refractivity contribution in [3.8, 4) is 0 Å². The summed E-state index contributed by atoms with van der Waals surface area (Å²) in [5.41, 5.74) is 0.636. The molecule has 0 bridgehead atoms. The number of aromatic nitrogens is 5. The van der Waals surface area contributed by atoms with E-state index in [1.54, 1.807) is 0 Å². The Labute approximate surface area is 110 Å². The number of hydrogen-bond acceptors (Lipinski definition) is 7. The van der Waals surface area contributed by atoms with Gasteiger partial charge in [0, 0.05) is 6.54 Å². The van der Waals surface area contributed by atoms with Crippen molar-refractivity contribution in [1.29, 1.82) is 0 Å². The summed E-state index contributed by atoms with van der Waals surface area (Å²) >= 11 is 0. The van der Waals surface area contributed by atoms with Gasteiger partial charge in [0.25, 0.3) is 0 Å². The molecule has 3 heterocycles. The first-order valence-corrected chi connectivity index (χ1v) is 6.53. The zero-order valence-corrected chi connectivity index (χ0v) is 10.6. The molecule has 8 nitrogen and oxygen atoms in total. The molecule has 0 saturated carbocycles. The van der Waals surface area contributed by atoms with Crippen LogP contribution in [0.15, 0.2) is 12.1 Å². The largest absolute Gasteiger partial charge is 0.376 e. The van der Waals surface area contributed by atoms with E-state index in [9.17, 15) is 0 Å². The highest BCUT2D eigenvalue weighted by molar-refractivity contribution is 5.41. The second-order valence-electron chi connectivity index (χ2n) is 4.49. The summed E-state index contributed by atoms with van der Waals surface area (Å²) in [4.78, 5) is 0. The van der Waals surface area contributed by atoms with Gasteiger partial charge < -0.3 is 15.4 Å². The molecule has 0 amide bonds. The lowest BCUT2D eigenvalue weighted by molar-refractivity contribution is 0.0394. The third-order valence-electron chi connectivity index (χ3n) is 3.12. The minimum atomic E-state index is 0.387. The van der Waals surface area contributed by atoms with Crippen LogP contribution in [0.1, 0.15) is 12.8 Å². The Morgan fingerprint density at radius 2 is 2.26 bits per heavy atom. The van der Waals surface area contributed by atoms with Gasteiger partial charge >= 0.3 is 0 Å². The molecule has 1 aliphatic heterocycles. The molecule has 1 saturated heterocycles. The fourth-order valence-electron chi connectivity index (χ4n) is 2.11. The number of nitrogens with one attached hydrogen (secondary N) is 2. The van der Waals surface area contributed by atoms with Crippen molar-refractivity contribution in [2.24, 2.45) is 0 Å². The average molecular weight is 263 g/mol. The summed E-state index contributed by atoms with van der Waals surface area (Å²) in [7, 11) is 0. The molecular weight excluding hydrogens is 246 g/mol. The van der Waals surface area contributed by atoms with Gasteiger partial charge in [-0.3, -0.25) is 0 Å². The number of nitrogens with zero attached hydrogens (tertiary/aromatic N) is 5. The van der Waals surface area contributed by atoms with E-state index in [1.165, 1.54) is 4.63 Å². The normalized spacial score (nSPS) is 16.8. The molecule has 2 N–H and O–H groups in total. The fourth-order valence-corrected chi connectivity index (χ4v) is 2.11. The number of fused-ring (bicyclic) bond motifs is 1. The van der Waals surface area contributed by atoms with Crippen LogP contribution in [0, 0.1) is 0 Å². The average Bonchev–Trinajstić information content (AvgIpc) is 2.92. The number of hydrogen-bond donors (Lipinski definition) is 2. The first-order chi connectivity index (χ1) is 9.42. The molecule has 8 heteroatoms. The lowest BCUT2D eigenvalue weighted by Gasteiger charge is -2.22. The van der Waals surface area contributed by atoms with Crippen LogP contribution in [-0.4, -0.2) is 57.6 Å². The molecule has 0 unspecified atom stereocenters. The Bertz CT molecular complexity index is 522. The standard InChI is InChI=1S/C11H17N7O/c1-2-11-14-16-17-18(11)15-10(1)13-7-8-19-9-3-5-12-6-4-9/h1-2,9,12H,3-8H2,(H,13,15). The summed E-state index contributed by atoms with van der Waals surface area (Å²) < 4.78 is 7.20. The molecule has 0 aromatic carbocycles. The monoisotopic (exact) mass is 263 g/mol. The molecule has 0 atom stereocenters. The third kappa shape index (κ3) is 3.15. The minimum Gasteiger partial charge on any atom is -0.376 e. The van der Waals surface area contributed by atoms with E-state index in [0.717, 1.165) is 38.3 Å². The van der Waals surface area contributed by atoms with E-state index in [4.69, 9.17) is 4.74 Å². The molecular formula is C11H17N7O.